The molecule has 0 bridgehead atoms. The van der Waals surface area contributed by atoms with Crippen molar-refractivity contribution in [3.63, 3.8) is 0 Å². The normalized spacial score (nSPS) is 9.60. The molecule has 0 aliphatic carbocycles. The monoisotopic (exact) mass is 225 g/mol. The third-order valence-corrected chi connectivity index (χ3v) is 1.77. The molecule has 0 unspecified atom stereocenters. The van der Waals surface area contributed by atoms with E-state index in [1.165, 1.54) is 6.20 Å². The second-order valence-corrected chi connectivity index (χ2v) is 3.21. The topological polar surface area (TPSA) is 107 Å². The average molecular weight is 225 g/mol. The number of anilines is 1. The molecule has 1 aromatic rings. The van der Waals surface area contributed by atoms with Gasteiger partial charge in [-0.15, -0.1) is 0 Å². The van der Waals surface area contributed by atoms with Gasteiger partial charge in [-0.1, -0.05) is 12.2 Å². The van der Waals surface area contributed by atoms with Crippen molar-refractivity contribution in [2.24, 2.45) is 11.5 Å². The van der Waals surface area contributed by atoms with Gasteiger partial charge >= 0.3 is 0 Å². The van der Waals surface area contributed by atoms with E-state index in [0.717, 1.165) is 0 Å². The summed E-state index contributed by atoms with van der Waals surface area (Å²) in [7, 11) is 0. The third kappa shape index (κ3) is 3.86. The summed E-state index contributed by atoms with van der Waals surface area (Å²) in [6, 6.07) is 1.61. The Balaban J connectivity index is 2.58. The van der Waals surface area contributed by atoms with Gasteiger partial charge in [0, 0.05) is 19.2 Å². The van der Waals surface area contributed by atoms with E-state index < -0.39 is 0 Å². The Bertz CT molecular complexity index is 381. The molecular formula is C8H11N5OS. The Labute approximate surface area is 92.1 Å². The van der Waals surface area contributed by atoms with Crippen LogP contribution >= 0.6 is 12.2 Å². The Morgan fingerprint density at radius 3 is 2.87 bits per heavy atom. The Hall–Kier alpha value is -1.76. The highest BCUT2D eigenvalue weighted by atomic mass is 32.1. The van der Waals surface area contributed by atoms with Crippen LogP contribution in [0.3, 0.4) is 0 Å². The van der Waals surface area contributed by atoms with Crippen molar-refractivity contribution in [2.45, 2.75) is 6.42 Å². The van der Waals surface area contributed by atoms with Crippen LogP contribution in [0.15, 0.2) is 12.3 Å². The van der Waals surface area contributed by atoms with Gasteiger partial charge in [-0.25, -0.2) is 9.97 Å². The first-order chi connectivity index (χ1) is 7.09. The van der Waals surface area contributed by atoms with E-state index in [9.17, 15) is 4.79 Å². The van der Waals surface area contributed by atoms with Crippen LogP contribution in [0.4, 0.5) is 5.95 Å². The lowest BCUT2D eigenvalue weighted by atomic mass is 10.4. The van der Waals surface area contributed by atoms with Crippen LogP contribution < -0.4 is 16.8 Å². The molecular weight excluding hydrogens is 214 g/mol. The molecule has 5 N–H and O–H groups in total. The summed E-state index contributed by atoms with van der Waals surface area (Å²) in [5.41, 5.74) is 10.9. The number of rotatable bonds is 5. The minimum atomic E-state index is -0.381. The zero-order valence-electron chi connectivity index (χ0n) is 7.93. The third-order valence-electron chi connectivity index (χ3n) is 1.56. The molecule has 1 amide bonds. The lowest BCUT2D eigenvalue weighted by Gasteiger charge is -2.03. The summed E-state index contributed by atoms with van der Waals surface area (Å²) >= 11 is 4.76. The number of nitrogens with one attached hydrogen (secondary N) is 1. The molecule has 0 saturated heterocycles. The zero-order valence-corrected chi connectivity index (χ0v) is 8.75. The smallest absolute Gasteiger partial charge is 0.223 e. The molecule has 0 radical (unpaired) electrons. The van der Waals surface area contributed by atoms with Crippen molar-refractivity contribution in [1.82, 2.24) is 9.97 Å². The molecule has 1 heterocycles. The summed E-state index contributed by atoms with van der Waals surface area (Å²) in [5, 5.41) is 2.83. The molecule has 0 aliphatic rings. The predicted octanol–water partition coefficient (Wildman–Crippen LogP) is -0.602. The minimum absolute atomic E-state index is 0.204. The van der Waals surface area contributed by atoms with Crippen molar-refractivity contribution in [3.8, 4) is 0 Å². The van der Waals surface area contributed by atoms with E-state index in [1.54, 1.807) is 6.07 Å². The fourth-order valence-electron chi connectivity index (χ4n) is 0.879. The van der Waals surface area contributed by atoms with Crippen LogP contribution in [0.1, 0.15) is 12.1 Å². The van der Waals surface area contributed by atoms with E-state index in [-0.39, 0.29) is 17.3 Å². The highest BCUT2D eigenvalue weighted by Gasteiger charge is 2.01. The number of aromatic nitrogens is 2. The first kappa shape index (κ1) is 11.3. The first-order valence-electron chi connectivity index (χ1n) is 4.24. The highest BCUT2D eigenvalue weighted by Crippen LogP contribution is 2.00. The molecule has 0 fully saturated rings. The van der Waals surface area contributed by atoms with Crippen molar-refractivity contribution in [3.05, 3.63) is 18.0 Å². The standard InChI is InChI=1S/C8H11N5OS/c9-6(14)2-4-12-8-11-3-1-5(13-8)7(10)15/h1,3H,2,4H2,(H2,9,14)(H2,10,15)(H,11,12,13). The van der Waals surface area contributed by atoms with Crippen LogP contribution in [0.25, 0.3) is 0 Å². The maximum atomic E-state index is 10.5. The summed E-state index contributed by atoms with van der Waals surface area (Å²) < 4.78 is 0. The Morgan fingerprint density at radius 2 is 2.27 bits per heavy atom. The van der Waals surface area contributed by atoms with Gasteiger partial charge in [-0.3, -0.25) is 4.79 Å². The van der Waals surface area contributed by atoms with Gasteiger partial charge in [0.05, 0.1) is 0 Å². The van der Waals surface area contributed by atoms with Crippen molar-refractivity contribution < 1.29 is 4.79 Å². The van der Waals surface area contributed by atoms with Gasteiger partial charge in [0.15, 0.2) is 0 Å². The van der Waals surface area contributed by atoms with E-state index in [1.807, 2.05) is 0 Å². The van der Waals surface area contributed by atoms with Crippen molar-refractivity contribution in [1.29, 1.82) is 0 Å². The number of carbonyl (C=O) groups is 1. The van der Waals surface area contributed by atoms with Crippen LogP contribution in [-0.4, -0.2) is 27.4 Å². The molecule has 0 spiro atoms. The van der Waals surface area contributed by atoms with Crippen molar-refractivity contribution in [2.75, 3.05) is 11.9 Å². The number of amides is 1. The minimum Gasteiger partial charge on any atom is -0.388 e. The summed E-state index contributed by atoms with van der Waals surface area (Å²) in [6.07, 6.45) is 1.76. The van der Waals surface area contributed by atoms with Gasteiger partial charge in [0.2, 0.25) is 11.9 Å². The number of carbonyl (C=O) groups excluding carboxylic acids is 1. The maximum absolute atomic E-state index is 10.5. The van der Waals surface area contributed by atoms with Gasteiger partial charge in [0.25, 0.3) is 0 Å². The fourth-order valence-corrected chi connectivity index (χ4v) is 0.992. The molecule has 0 aromatic carbocycles. The molecule has 15 heavy (non-hydrogen) atoms. The summed E-state index contributed by atoms with van der Waals surface area (Å²) in [6.45, 7) is 0.385. The number of hydrogen-bond acceptors (Lipinski definition) is 5. The van der Waals surface area contributed by atoms with E-state index in [2.05, 4.69) is 15.3 Å². The molecule has 0 saturated carbocycles. The molecule has 0 aliphatic heterocycles. The number of primary amides is 1. The van der Waals surface area contributed by atoms with E-state index in [0.29, 0.717) is 18.2 Å². The number of nitrogens with two attached hydrogens (primary N) is 2. The number of hydrogen-bond donors (Lipinski definition) is 3. The second-order valence-electron chi connectivity index (χ2n) is 2.77. The van der Waals surface area contributed by atoms with Gasteiger partial charge in [0.1, 0.15) is 10.7 Å². The van der Waals surface area contributed by atoms with E-state index in [4.69, 9.17) is 23.7 Å². The quantitative estimate of drug-likeness (QED) is 0.577. The molecule has 1 aromatic heterocycles. The maximum Gasteiger partial charge on any atom is 0.223 e. The molecule has 7 heteroatoms. The molecule has 1 rings (SSSR count). The van der Waals surface area contributed by atoms with Crippen molar-refractivity contribution >= 4 is 29.1 Å². The van der Waals surface area contributed by atoms with Gasteiger partial charge < -0.3 is 16.8 Å². The predicted molar refractivity (Wildman–Crippen MR) is 60.2 cm³/mol. The largest absolute Gasteiger partial charge is 0.388 e. The number of thiocarbonyl (C=S) groups is 1. The van der Waals surface area contributed by atoms with E-state index >= 15 is 0 Å². The van der Waals surface area contributed by atoms with Crippen LogP contribution in [0.5, 0.6) is 0 Å². The lowest BCUT2D eigenvalue weighted by molar-refractivity contribution is -0.117. The summed E-state index contributed by atoms with van der Waals surface area (Å²) in [5.74, 6) is -0.00505. The Morgan fingerprint density at radius 1 is 1.53 bits per heavy atom. The van der Waals surface area contributed by atoms with Gasteiger partial charge in [-0.05, 0) is 6.07 Å². The lowest BCUT2D eigenvalue weighted by Crippen LogP contribution is -2.18. The Kier molecular flexibility index (Phi) is 3.92. The molecule has 80 valence electrons. The second kappa shape index (κ2) is 5.20. The van der Waals surface area contributed by atoms with Crippen LogP contribution in [0.2, 0.25) is 0 Å². The van der Waals surface area contributed by atoms with Gasteiger partial charge in [-0.2, -0.15) is 0 Å². The zero-order chi connectivity index (χ0) is 11.3. The van der Waals surface area contributed by atoms with Crippen LogP contribution in [-0.2, 0) is 4.79 Å². The highest BCUT2D eigenvalue weighted by molar-refractivity contribution is 7.80. The average Bonchev–Trinajstić information content (AvgIpc) is 2.17. The first-order valence-corrected chi connectivity index (χ1v) is 4.65. The SMILES string of the molecule is NC(=O)CCNc1nccc(C(N)=S)n1. The number of nitrogens with zero attached hydrogens (tertiary/aromatic N) is 2. The molecule has 6 nitrogen and oxygen atoms in total. The van der Waals surface area contributed by atoms with Crippen LogP contribution in [0, 0.1) is 0 Å². The summed E-state index contributed by atoms with van der Waals surface area (Å²) in [4.78, 5) is 18.6. The fraction of sp³-hybridized carbons (Fsp3) is 0.250. The molecule has 0 atom stereocenters.